The van der Waals surface area contributed by atoms with Gasteiger partial charge in [-0.2, -0.15) is 18.3 Å². The Morgan fingerprint density at radius 3 is 2.25 bits per heavy atom. The number of alkyl halides is 3. The van der Waals surface area contributed by atoms with Crippen molar-refractivity contribution in [2.24, 2.45) is 17.3 Å². The van der Waals surface area contributed by atoms with Gasteiger partial charge in [0, 0.05) is 43.5 Å². The van der Waals surface area contributed by atoms with Crippen LogP contribution in [0.5, 0.6) is 5.75 Å². The highest BCUT2D eigenvalue weighted by Crippen LogP contribution is 2.58. The lowest BCUT2D eigenvalue weighted by Gasteiger charge is -2.55. The number of nitrogens with zero attached hydrogens (tertiary/aromatic N) is 5. The zero-order valence-corrected chi connectivity index (χ0v) is 31.5. The number of aryl methyl sites for hydroxylation is 1. The van der Waals surface area contributed by atoms with E-state index in [1.807, 2.05) is 11.0 Å². The molecular formula is C41H52F3N5O4. The third-order valence-electron chi connectivity index (χ3n) is 13.0. The molecule has 1 aliphatic heterocycles. The maximum absolute atomic E-state index is 14.7. The number of likely N-dealkylation sites (tertiary alicyclic amines) is 1. The summed E-state index contributed by atoms with van der Waals surface area (Å²) in [5.74, 6) is 1.64. The number of amides is 2. The minimum Gasteiger partial charge on any atom is -0.496 e. The molecule has 2 bridgehead atoms. The minimum absolute atomic E-state index is 0.00691. The number of carbonyl (C=O) groups is 2. The third-order valence-corrected chi connectivity index (χ3v) is 13.0. The smallest absolute Gasteiger partial charge is 0.413 e. The number of ether oxygens (including phenoxy) is 2. The molecule has 8 rings (SSSR count). The highest BCUT2D eigenvalue weighted by atomic mass is 19.4. The molecule has 4 saturated carbocycles. The second-order valence-electron chi connectivity index (χ2n) is 16.9. The standard InChI is InChI=1S/C41H52F3N5O4/c1-27-23-47(24-27)37(51)53-33-9-6-29(7-10-33)36(50)48(35-21-30(12-19-45-35)31-22-46-49(25-31)38(3,4)41(42,43)44)26-39-13-16-40(17-14-39,18-15-39)32-8-11-34(52-5)28(2)20-32/h8,11-12,19-22,25,27,29,33H,6-7,9-10,13-18,23-24,26H2,1-5H3. The molecule has 286 valence electrons. The predicted molar refractivity (Wildman–Crippen MR) is 196 cm³/mol. The van der Waals surface area contributed by atoms with Crippen molar-refractivity contribution in [2.45, 2.75) is 115 Å². The first-order chi connectivity index (χ1) is 25.1. The average Bonchev–Trinajstić information content (AvgIpc) is 3.65. The number of pyridine rings is 1. The van der Waals surface area contributed by atoms with Crippen LogP contribution in [0.3, 0.4) is 0 Å². The number of aromatic nitrogens is 3. The molecule has 5 aliphatic rings. The minimum atomic E-state index is -4.49. The van der Waals surface area contributed by atoms with Crippen LogP contribution in [0.4, 0.5) is 23.8 Å². The van der Waals surface area contributed by atoms with E-state index in [2.05, 4.69) is 37.1 Å². The van der Waals surface area contributed by atoms with E-state index in [-0.39, 0.29) is 34.9 Å². The Labute approximate surface area is 310 Å². The van der Waals surface area contributed by atoms with Gasteiger partial charge in [0.25, 0.3) is 0 Å². The third kappa shape index (κ3) is 7.14. The van der Waals surface area contributed by atoms with Gasteiger partial charge in [0.2, 0.25) is 5.91 Å². The second kappa shape index (κ2) is 14.0. The van der Waals surface area contributed by atoms with Crippen molar-refractivity contribution in [3.8, 4) is 16.9 Å². The number of anilines is 1. The van der Waals surface area contributed by atoms with Gasteiger partial charge < -0.3 is 14.4 Å². The lowest BCUT2D eigenvalue weighted by molar-refractivity contribution is -0.205. The van der Waals surface area contributed by atoms with E-state index in [0.717, 1.165) is 81.5 Å². The number of methoxy groups -OCH3 is 1. The first kappa shape index (κ1) is 37.2. The summed E-state index contributed by atoms with van der Waals surface area (Å²) in [6, 6.07) is 10.1. The Bertz CT molecular complexity index is 1800. The Hall–Kier alpha value is -4.09. The number of hydrogen-bond acceptors (Lipinski definition) is 6. The number of fused-ring (bicyclic) bond motifs is 3. The van der Waals surface area contributed by atoms with Crippen molar-refractivity contribution in [2.75, 3.05) is 31.6 Å². The molecule has 0 N–H and O–H groups in total. The van der Waals surface area contributed by atoms with E-state index in [1.165, 1.54) is 18.0 Å². The van der Waals surface area contributed by atoms with Crippen molar-refractivity contribution in [1.82, 2.24) is 19.7 Å². The normalized spacial score (nSPS) is 26.2. The van der Waals surface area contributed by atoms with Crippen LogP contribution < -0.4 is 9.64 Å². The van der Waals surface area contributed by atoms with Crippen LogP contribution in [0.1, 0.15) is 96.1 Å². The summed E-state index contributed by atoms with van der Waals surface area (Å²) in [6.07, 6.45) is 8.02. The number of benzene rings is 1. The molecule has 0 atom stereocenters. The summed E-state index contributed by atoms with van der Waals surface area (Å²) in [7, 11) is 1.70. The fourth-order valence-electron chi connectivity index (χ4n) is 9.12. The van der Waals surface area contributed by atoms with Crippen LogP contribution in [0.15, 0.2) is 48.9 Å². The van der Waals surface area contributed by atoms with Gasteiger partial charge in [0.05, 0.1) is 13.3 Å². The van der Waals surface area contributed by atoms with Gasteiger partial charge >= 0.3 is 12.3 Å². The van der Waals surface area contributed by atoms with Crippen molar-refractivity contribution in [3.05, 3.63) is 60.0 Å². The zero-order valence-electron chi connectivity index (χ0n) is 31.5. The number of carbonyl (C=O) groups excluding carboxylic acids is 2. The molecule has 4 aliphatic carbocycles. The van der Waals surface area contributed by atoms with Crippen LogP contribution in [0, 0.1) is 24.2 Å². The van der Waals surface area contributed by atoms with Gasteiger partial charge in [0.15, 0.2) is 5.54 Å². The lowest BCUT2D eigenvalue weighted by atomic mass is 9.51. The van der Waals surface area contributed by atoms with Crippen LogP contribution in [0.25, 0.3) is 11.1 Å². The van der Waals surface area contributed by atoms with Gasteiger partial charge in [0.1, 0.15) is 17.7 Å². The number of rotatable bonds is 9. The summed E-state index contributed by atoms with van der Waals surface area (Å²) in [4.78, 5) is 35.6. The summed E-state index contributed by atoms with van der Waals surface area (Å²) in [6.45, 7) is 8.36. The van der Waals surface area contributed by atoms with Gasteiger partial charge in [-0.05, 0) is 137 Å². The molecule has 0 radical (unpaired) electrons. The molecule has 3 heterocycles. The highest BCUT2D eigenvalue weighted by molar-refractivity contribution is 5.95. The number of halogens is 3. The zero-order chi connectivity index (χ0) is 37.8. The van der Waals surface area contributed by atoms with Gasteiger partial charge in [-0.3, -0.25) is 14.4 Å². The van der Waals surface area contributed by atoms with Crippen LogP contribution >= 0.6 is 0 Å². The summed E-state index contributed by atoms with van der Waals surface area (Å²) in [5, 5.41) is 4.08. The van der Waals surface area contributed by atoms with E-state index < -0.39 is 11.7 Å². The quantitative estimate of drug-likeness (QED) is 0.218. The molecule has 1 saturated heterocycles. The lowest BCUT2D eigenvalue weighted by Crippen LogP contribution is -2.52. The molecule has 0 spiro atoms. The largest absolute Gasteiger partial charge is 0.496 e. The summed E-state index contributed by atoms with van der Waals surface area (Å²) < 4.78 is 53.8. The van der Waals surface area contributed by atoms with E-state index in [9.17, 15) is 22.8 Å². The average molecular weight is 736 g/mol. The second-order valence-corrected chi connectivity index (χ2v) is 16.9. The molecule has 3 aromatic rings. The monoisotopic (exact) mass is 735 g/mol. The van der Waals surface area contributed by atoms with Crippen molar-refractivity contribution in [3.63, 3.8) is 0 Å². The molecule has 9 nitrogen and oxygen atoms in total. The SMILES string of the molecule is COc1ccc(C23CCC(CN(C(=O)C4CCC(OC(=O)N5CC(C)C5)CC4)c4cc(-c5cnn(C(C)(C)C(F)(F)F)c5)ccn4)(CC2)CC3)cc1C. The first-order valence-electron chi connectivity index (χ1n) is 19.1. The van der Waals surface area contributed by atoms with E-state index >= 15 is 0 Å². The van der Waals surface area contributed by atoms with Crippen molar-refractivity contribution >= 4 is 17.8 Å². The molecule has 1 aromatic carbocycles. The summed E-state index contributed by atoms with van der Waals surface area (Å²) in [5.41, 5.74) is 1.51. The van der Waals surface area contributed by atoms with Crippen molar-refractivity contribution in [1.29, 1.82) is 0 Å². The van der Waals surface area contributed by atoms with E-state index in [0.29, 0.717) is 55.1 Å². The van der Waals surface area contributed by atoms with E-state index in [4.69, 9.17) is 14.5 Å². The highest BCUT2D eigenvalue weighted by Gasteiger charge is 2.51. The molecule has 2 amide bonds. The molecular weight excluding hydrogens is 683 g/mol. The molecule has 2 aromatic heterocycles. The fraction of sp³-hybridized carbons (Fsp3) is 0.610. The van der Waals surface area contributed by atoms with Crippen LogP contribution in [-0.2, 0) is 20.5 Å². The predicted octanol–water partition coefficient (Wildman–Crippen LogP) is 8.83. The van der Waals surface area contributed by atoms with Crippen molar-refractivity contribution < 1.29 is 32.2 Å². The number of hydrogen-bond donors (Lipinski definition) is 0. The Balaban J connectivity index is 1.12. The Kier molecular flexibility index (Phi) is 9.81. The maximum Gasteiger partial charge on any atom is 0.413 e. The fourth-order valence-corrected chi connectivity index (χ4v) is 9.12. The van der Waals surface area contributed by atoms with Gasteiger partial charge in [-0.1, -0.05) is 19.1 Å². The molecule has 53 heavy (non-hydrogen) atoms. The maximum atomic E-state index is 14.7. The van der Waals surface area contributed by atoms with E-state index in [1.54, 1.807) is 24.3 Å². The topological polar surface area (TPSA) is 89.8 Å². The first-order valence-corrected chi connectivity index (χ1v) is 19.1. The van der Waals surface area contributed by atoms with Gasteiger partial charge in [-0.15, -0.1) is 0 Å². The van der Waals surface area contributed by atoms with Crippen LogP contribution in [0.2, 0.25) is 0 Å². The van der Waals surface area contributed by atoms with Crippen LogP contribution in [-0.4, -0.2) is 70.7 Å². The van der Waals surface area contributed by atoms with Gasteiger partial charge in [-0.25, -0.2) is 9.78 Å². The molecule has 5 fully saturated rings. The Morgan fingerprint density at radius 2 is 1.64 bits per heavy atom. The summed E-state index contributed by atoms with van der Waals surface area (Å²) >= 11 is 0. The Morgan fingerprint density at radius 1 is 0.962 bits per heavy atom. The molecule has 0 unspecified atom stereocenters. The molecule has 12 heteroatoms.